The molecule has 0 aliphatic carbocycles. The van der Waals surface area contributed by atoms with Crippen LogP contribution < -0.4 is 0 Å². The minimum atomic E-state index is 0.0992. The molecule has 0 spiro atoms. The zero-order valence-electron chi connectivity index (χ0n) is 19.9. The van der Waals surface area contributed by atoms with Crippen LogP contribution in [0, 0.1) is 41.7 Å². The molecule has 0 saturated heterocycles. The van der Waals surface area contributed by atoms with Crippen LogP contribution in [0.15, 0.2) is 29.6 Å². The summed E-state index contributed by atoms with van der Waals surface area (Å²) in [5, 5.41) is 18.4. The van der Waals surface area contributed by atoms with Gasteiger partial charge in [-0.15, -0.1) is 45.3 Å². The smallest absolute Gasteiger partial charge is 0.227 e. The minimum absolute atomic E-state index is 0.0992. The van der Waals surface area contributed by atoms with Crippen LogP contribution in [0.5, 0.6) is 0 Å². The molecule has 4 aromatic rings. The van der Waals surface area contributed by atoms with E-state index in [0.717, 1.165) is 32.0 Å². The van der Waals surface area contributed by atoms with Crippen LogP contribution in [-0.4, -0.2) is 0 Å². The number of nitriles is 2. The van der Waals surface area contributed by atoms with Crippen molar-refractivity contribution in [1.29, 1.82) is 10.5 Å². The molecule has 1 unspecified atom stereocenters. The summed E-state index contributed by atoms with van der Waals surface area (Å²) in [4.78, 5) is 11.0. The fourth-order valence-corrected chi connectivity index (χ4v) is 9.14. The monoisotopic (exact) mass is 542 g/mol. The van der Waals surface area contributed by atoms with E-state index in [9.17, 15) is 5.26 Å². The number of hydrogen-bond donors (Lipinski definition) is 0. The highest BCUT2D eigenvalue weighted by Gasteiger charge is 2.20. The topological polar surface area (TPSA) is 56.3 Å². The van der Waals surface area contributed by atoms with Gasteiger partial charge in [0.05, 0.1) is 25.3 Å². The molecule has 4 aromatic heterocycles. The molecule has 0 saturated carbocycles. The van der Waals surface area contributed by atoms with E-state index in [0.29, 0.717) is 5.92 Å². The second-order valence-corrected chi connectivity index (χ2v) is 12.7. The van der Waals surface area contributed by atoms with E-state index >= 15 is 0 Å². The normalized spacial score (nSPS) is 12.8. The molecule has 0 aliphatic heterocycles. The van der Waals surface area contributed by atoms with Crippen LogP contribution in [0.4, 0.5) is 0 Å². The molecule has 0 aliphatic rings. The molecular weight excluding hydrogens is 521 g/mol. The molecule has 8 heteroatoms. The molecule has 4 heterocycles. The van der Waals surface area contributed by atoms with Gasteiger partial charge >= 0.3 is 0 Å². The number of fused-ring (bicyclic) bond motifs is 2. The Labute approximate surface area is 227 Å². The Kier molecular flexibility index (Phi) is 8.37. The Morgan fingerprint density at radius 1 is 0.917 bits per heavy atom. The maximum Gasteiger partial charge on any atom is 0.263 e. The molecule has 178 valence electrons. The standard InChI is InChI=1S/C28H22N4S4/c1-5-7-8-17(6-2)9-21-22(11-19(16-30)32-4)34-27-14-26(36-28(21)27)25-13-24-23(35-25)12-20(33-24)10-18(15-29)31-3/h10-14,17H,5-9H2,1-2H3/b18-10-,19-11+. The second kappa shape index (κ2) is 11.7. The van der Waals surface area contributed by atoms with Crippen LogP contribution in [0.3, 0.4) is 0 Å². The van der Waals surface area contributed by atoms with E-state index in [1.54, 1.807) is 57.5 Å². The molecule has 0 amide bonds. The molecule has 4 nitrogen and oxygen atoms in total. The van der Waals surface area contributed by atoms with Crippen molar-refractivity contribution < 1.29 is 0 Å². The van der Waals surface area contributed by atoms with Gasteiger partial charge in [0.25, 0.3) is 11.4 Å². The third-order valence-electron chi connectivity index (χ3n) is 6.01. The first-order valence-corrected chi connectivity index (χ1v) is 14.9. The summed E-state index contributed by atoms with van der Waals surface area (Å²) >= 11 is 6.80. The highest BCUT2D eigenvalue weighted by Crippen LogP contribution is 2.47. The lowest BCUT2D eigenvalue weighted by Gasteiger charge is -2.14. The average molecular weight is 543 g/mol. The van der Waals surface area contributed by atoms with Crippen LogP contribution in [-0.2, 0) is 6.42 Å². The molecule has 4 rings (SSSR count). The number of rotatable bonds is 9. The van der Waals surface area contributed by atoms with E-state index in [1.165, 1.54) is 44.0 Å². The Bertz CT molecular complexity index is 1580. The molecule has 1 atom stereocenters. The molecule has 0 bridgehead atoms. The summed E-state index contributed by atoms with van der Waals surface area (Å²) in [5.41, 5.74) is 1.51. The number of nitrogens with zero attached hydrogens (tertiary/aromatic N) is 4. The van der Waals surface area contributed by atoms with Gasteiger partial charge in [0, 0.05) is 38.3 Å². The van der Waals surface area contributed by atoms with E-state index < -0.39 is 0 Å². The van der Waals surface area contributed by atoms with E-state index in [4.69, 9.17) is 18.4 Å². The Hall–Kier alpha value is -3.24. The van der Waals surface area contributed by atoms with E-state index in [-0.39, 0.29) is 11.4 Å². The highest BCUT2D eigenvalue weighted by atomic mass is 32.1. The molecule has 0 radical (unpaired) electrons. The zero-order chi connectivity index (χ0) is 25.7. The van der Waals surface area contributed by atoms with Crippen molar-refractivity contribution in [2.75, 3.05) is 0 Å². The molecule has 0 N–H and O–H groups in total. The number of thiophene rings is 4. The molecule has 0 aromatic carbocycles. The Balaban J connectivity index is 1.73. The second-order valence-electron chi connectivity index (χ2n) is 8.36. The van der Waals surface area contributed by atoms with Gasteiger partial charge in [-0.05, 0) is 48.3 Å². The fraction of sp³-hybridized carbons (Fsp3) is 0.286. The summed E-state index contributed by atoms with van der Waals surface area (Å²) in [6.45, 7) is 18.9. The quantitative estimate of drug-likeness (QED) is 0.156. The van der Waals surface area contributed by atoms with Gasteiger partial charge in [0.2, 0.25) is 0 Å². The predicted molar refractivity (Wildman–Crippen MR) is 156 cm³/mol. The summed E-state index contributed by atoms with van der Waals surface area (Å²) < 4.78 is 4.80. The average Bonchev–Trinajstić information content (AvgIpc) is 3.63. The Morgan fingerprint density at radius 2 is 1.58 bits per heavy atom. The first-order valence-electron chi connectivity index (χ1n) is 11.6. The van der Waals surface area contributed by atoms with E-state index in [2.05, 4.69) is 35.7 Å². The molecule has 0 fully saturated rings. The lowest BCUT2D eigenvalue weighted by atomic mass is 9.92. The van der Waals surface area contributed by atoms with Gasteiger partial charge in [-0.3, -0.25) is 0 Å². The van der Waals surface area contributed by atoms with Crippen molar-refractivity contribution in [3.05, 3.63) is 67.7 Å². The lowest BCUT2D eigenvalue weighted by molar-refractivity contribution is 0.450. The third kappa shape index (κ3) is 5.44. The van der Waals surface area contributed by atoms with Crippen molar-refractivity contribution in [3.8, 4) is 21.9 Å². The van der Waals surface area contributed by atoms with Crippen LogP contribution >= 0.6 is 45.3 Å². The fourth-order valence-electron chi connectivity index (χ4n) is 4.10. The van der Waals surface area contributed by atoms with Crippen LogP contribution in [0.2, 0.25) is 0 Å². The first-order chi connectivity index (χ1) is 17.5. The van der Waals surface area contributed by atoms with Crippen molar-refractivity contribution in [3.63, 3.8) is 0 Å². The predicted octanol–water partition coefficient (Wildman–Crippen LogP) is 10.2. The third-order valence-corrected chi connectivity index (χ3v) is 10.9. The number of allylic oxidation sites excluding steroid dienone is 2. The van der Waals surface area contributed by atoms with E-state index in [1.807, 2.05) is 18.2 Å². The highest BCUT2D eigenvalue weighted by molar-refractivity contribution is 7.34. The van der Waals surface area contributed by atoms with Crippen LogP contribution in [0.1, 0.15) is 54.8 Å². The van der Waals surface area contributed by atoms with Gasteiger partial charge in [0.1, 0.15) is 0 Å². The zero-order valence-corrected chi connectivity index (χ0v) is 23.2. The minimum Gasteiger partial charge on any atom is -0.227 e. The summed E-state index contributed by atoms with van der Waals surface area (Å²) in [7, 11) is 0. The largest absolute Gasteiger partial charge is 0.263 e. The van der Waals surface area contributed by atoms with Crippen molar-refractivity contribution in [2.45, 2.75) is 46.0 Å². The first kappa shape index (κ1) is 25.8. The maximum atomic E-state index is 9.33. The SMILES string of the molecule is [C-]#[N+]/C(C#N)=C\c1cc2sc(-c3cc4sc(/C=C(\C#N)[N+]#[C-])c(CC(CC)CCCC)c4s3)cc2s1. The van der Waals surface area contributed by atoms with Crippen molar-refractivity contribution in [2.24, 2.45) is 5.92 Å². The van der Waals surface area contributed by atoms with Crippen molar-refractivity contribution >= 4 is 76.3 Å². The number of hydrogen-bond acceptors (Lipinski definition) is 6. The van der Waals surface area contributed by atoms with Crippen LogP contribution in [0.25, 0.3) is 50.4 Å². The Morgan fingerprint density at radius 3 is 2.22 bits per heavy atom. The van der Waals surface area contributed by atoms with Gasteiger partial charge in [0.15, 0.2) is 0 Å². The van der Waals surface area contributed by atoms with Gasteiger partial charge in [-0.2, -0.15) is 0 Å². The maximum absolute atomic E-state index is 9.33. The summed E-state index contributed by atoms with van der Waals surface area (Å²) in [6.07, 6.45) is 9.09. The molecule has 36 heavy (non-hydrogen) atoms. The summed E-state index contributed by atoms with van der Waals surface area (Å²) in [6, 6.07) is 10.4. The van der Waals surface area contributed by atoms with Crippen molar-refractivity contribution in [1.82, 2.24) is 0 Å². The number of unbranched alkanes of at least 4 members (excludes halogenated alkanes) is 1. The molecular formula is C28H22N4S4. The lowest BCUT2D eigenvalue weighted by Crippen LogP contribution is -2.03. The van der Waals surface area contributed by atoms with Gasteiger partial charge in [-0.1, -0.05) is 39.5 Å². The van der Waals surface area contributed by atoms with Gasteiger partial charge < -0.3 is 0 Å². The van der Waals surface area contributed by atoms with Gasteiger partial charge in [-0.25, -0.2) is 20.2 Å². The summed E-state index contributed by atoms with van der Waals surface area (Å²) in [5.74, 6) is 0.589.